The van der Waals surface area contributed by atoms with Gasteiger partial charge in [0.25, 0.3) is 5.91 Å². The minimum atomic E-state index is -1.90. The van der Waals surface area contributed by atoms with E-state index in [-0.39, 0.29) is 31.7 Å². The number of carbonyl (C=O) groups excluding carboxylic acids is 2. The van der Waals surface area contributed by atoms with Crippen LogP contribution in [0.3, 0.4) is 0 Å². The summed E-state index contributed by atoms with van der Waals surface area (Å²) >= 11 is 0. The maximum Gasteiger partial charge on any atom is 0.475 e. The fraction of sp³-hybridized carbons (Fsp3) is 0.577. The number of amides is 2. The summed E-state index contributed by atoms with van der Waals surface area (Å²) in [6.45, 7) is 3.22. The zero-order valence-corrected chi connectivity index (χ0v) is 22.0. The van der Waals surface area contributed by atoms with E-state index in [1.165, 1.54) is 35.2 Å². The average molecular weight is 550 g/mol. The number of rotatable bonds is 9. The minimum absolute atomic E-state index is 0.0104. The lowest BCUT2D eigenvalue weighted by molar-refractivity contribution is -0.131. The molecule has 4 atom stereocenters. The summed E-state index contributed by atoms with van der Waals surface area (Å²) in [5, 5.41) is 31.5. The number of likely N-dealkylation sites (tertiary alicyclic amines) is 2. The van der Waals surface area contributed by atoms with E-state index in [1.54, 1.807) is 18.7 Å². The predicted molar refractivity (Wildman–Crippen MR) is 137 cm³/mol. The lowest BCUT2D eigenvalue weighted by atomic mass is 9.76. The van der Waals surface area contributed by atoms with Crippen molar-refractivity contribution in [2.45, 2.75) is 69.4 Å². The molecule has 0 bridgehead atoms. The van der Waals surface area contributed by atoms with E-state index >= 15 is 0 Å². The molecule has 1 aromatic carbocycles. The monoisotopic (exact) mass is 550 g/mol. The Morgan fingerprint density at radius 2 is 1.87 bits per heavy atom. The van der Waals surface area contributed by atoms with Crippen molar-refractivity contribution in [1.29, 1.82) is 5.26 Å². The van der Waals surface area contributed by atoms with Gasteiger partial charge in [0.15, 0.2) is 0 Å². The van der Waals surface area contributed by atoms with Crippen LogP contribution >= 0.6 is 0 Å². The molecule has 13 heteroatoms. The average Bonchev–Trinajstić information content (AvgIpc) is 3.25. The van der Waals surface area contributed by atoms with E-state index in [2.05, 4.69) is 5.32 Å². The van der Waals surface area contributed by atoms with E-state index in [4.69, 9.17) is 4.74 Å². The number of halogens is 3. The fourth-order valence-electron chi connectivity index (χ4n) is 4.85. The van der Waals surface area contributed by atoms with Gasteiger partial charge in [-0.05, 0) is 63.3 Å². The Morgan fingerprint density at radius 3 is 2.46 bits per heavy atom. The third-order valence-electron chi connectivity index (χ3n) is 7.17. The zero-order chi connectivity index (χ0) is 28.7. The van der Waals surface area contributed by atoms with Gasteiger partial charge in [0, 0.05) is 25.2 Å². The van der Waals surface area contributed by atoms with Gasteiger partial charge in [0.05, 0.1) is 12.0 Å². The van der Waals surface area contributed by atoms with Gasteiger partial charge in [-0.3, -0.25) is 9.69 Å². The van der Waals surface area contributed by atoms with Crippen LogP contribution in [0.25, 0.3) is 0 Å². The van der Waals surface area contributed by atoms with E-state index < -0.39 is 54.8 Å². The van der Waals surface area contributed by atoms with Crippen LogP contribution in [-0.2, 0) is 16.0 Å². The number of benzene rings is 1. The predicted octanol–water partition coefficient (Wildman–Crippen LogP) is 2.08. The second-order valence-electron chi connectivity index (χ2n) is 10.5. The van der Waals surface area contributed by atoms with Gasteiger partial charge in [0.1, 0.15) is 36.4 Å². The highest BCUT2D eigenvalue weighted by atomic mass is 19.2. The molecule has 0 saturated carbocycles. The molecule has 3 N–H and O–H groups in total. The van der Waals surface area contributed by atoms with Gasteiger partial charge in [-0.15, -0.1) is 0 Å². The topological polar surface area (TPSA) is 126 Å². The number of hydrogen-bond acceptors (Lipinski definition) is 7. The normalized spacial score (nSPS) is 23.2. The Kier molecular flexibility index (Phi) is 10.4. The Hall–Kier alpha value is -3.08. The number of nitrogens with one attached hydrogen (secondary N) is 1. The summed E-state index contributed by atoms with van der Waals surface area (Å²) < 4.78 is 45.9. The summed E-state index contributed by atoms with van der Waals surface area (Å²) in [5.74, 6) is -2.14. The third kappa shape index (κ3) is 8.21. The lowest BCUT2D eigenvalue weighted by Gasteiger charge is -2.36. The maximum absolute atomic E-state index is 13.7. The Morgan fingerprint density at radius 1 is 1.23 bits per heavy atom. The largest absolute Gasteiger partial charge is 0.475 e. The highest BCUT2D eigenvalue weighted by Crippen LogP contribution is 2.28. The number of nitrogens with zero attached hydrogens (tertiary/aromatic N) is 3. The first-order chi connectivity index (χ1) is 18.4. The highest BCUT2D eigenvalue weighted by Gasteiger charge is 2.40. The smallest absolute Gasteiger partial charge is 0.447 e. The first kappa shape index (κ1) is 30.5. The highest BCUT2D eigenvalue weighted by molar-refractivity contribution is 6.43. The molecular weight excluding hydrogens is 516 g/mol. The van der Waals surface area contributed by atoms with Gasteiger partial charge >= 0.3 is 13.2 Å². The van der Waals surface area contributed by atoms with Crippen LogP contribution in [0, 0.1) is 17.1 Å². The van der Waals surface area contributed by atoms with Gasteiger partial charge < -0.3 is 25.0 Å². The van der Waals surface area contributed by atoms with Crippen molar-refractivity contribution in [2.75, 3.05) is 26.2 Å². The Bertz CT molecular complexity index is 1070. The van der Waals surface area contributed by atoms with E-state index in [1.807, 2.05) is 6.07 Å². The van der Waals surface area contributed by atoms with Crippen LogP contribution in [0.2, 0.25) is 0 Å². The molecule has 0 radical (unpaired) electrons. The van der Waals surface area contributed by atoms with E-state index in [0.717, 1.165) is 6.42 Å². The summed E-state index contributed by atoms with van der Waals surface area (Å²) in [6.07, 6.45) is -0.789. The molecule has 0 spiro atoms. The van der Waals surface area contributed by atoms with E-state index in [9.17, 15) is 38.1 Å². The van der Waals surface area contributed by atoms with Crippen molar-refractivity contribution in [3.63, 3.8) is 0 Å². The van der Waals surface area contributed by atoms with Crippen LogP contribution in [0.4, 0.5) is 18.0 Å². The second kappa shape index (κ2) is 13.3. The van der Waals surface area contributed by atoms with Crippen molar-refractivity contribution in [3.05, 3.63) is 47.3 Å². The van der Waals surface area contributed by atoms with Gasteiger partial charge in [-0.1, -0.05) is 12.1 Å². The number of alkyl halides is 2. The van der Waals surface area contributed by atoms with Crippen LogP contribution in [-0.4, -0.2) is 95.1 Å². The molecule has 2 aliphatic heterocycles. The zero-order valence-electron chi connectivity index (χ0n) is 22.0. The van der Waals surface area contributed by atoms with Crippen LogP contribution in [0.1, 0.15) is 38.7 Å². The van der Waals surface area contributed by atoms with Crippen molar-refractivity contribution in [1.82, 2.24) is 15.1 Å². The molecule has 1 aromatic rings. The number of piperidine rings is 1. The van der Waals surface area contributed by atoms with E-state index in [0.29, 0.717) is 24.9 Å². The summed E-state index contributed by atoms with van der Waals surface area (Å²) in [6, 6.07) is 6.74. The number of ether oxygens (including phenoxy) is 1. The van der Waals surface area contributed by atoms with Crippen LogP contribution < -0.4 is 5.32 Å². The number of hydrogen-bond donors (Lipinski definition) is 3. The molecule has 3 rings (SSSR count). The van der Waals surface area contributed by atoms with Crippen LogP contribution in [0.15, 0.2) is 35.9 Å². The Balaban J connectivity index is 1.62. The number of carbonyl (C=O) groups is 2. The number of alkyl carbamates (subject to hydrolysis) is 1. The SMILES string of the molecule is CC(C)(/C=C(\C#N)C(=O)N1CCCC[C@@H]1COC(=O)N[C@@H](Cc1ccc(F)cc1)B(O)O)N1C[C@@H](F)[C@@H](F)C1. The van der Waals surface area contributed by atoms with Crippen molar-refractivity contribution < 1.29 is 37.5 Å². The van der Waals surface area contributed by atoms with Gasteiger partial charge in [-0.2, -0.15) is 5.26 Å². The summed E-state index contributed by atoms with van der Waals surface area (Å²) in [7, 11) is -1.90. The molecule has 39 heavy (non-hydrogen) atoms. The molecule has 2 amide bonds. The number of nitriles is 1. The van der Waals surface area contributed by atoms with Gasteiger partial charge in [-0.25, -0.2) is 18.0 Å². The second-order valence-corrected chi connectivity index (χ2v) is 10.5. The molecule has 2 saturated heterocycles. The third-order valence-corrected chi connectivity index (χ3v) is 7.17. The quantitative estimate of drug-likeness (QED) is 0.244. The molecule has 212 valence electrons. The Labute approximate surface area is 226 Å². The van der Waals surface area contributed by atoms with Crippen molar-refractivity contribution in [2.24, 2.45) is 0 Å². The molecule has 2 heterocycles. The van der Waals surface area contributed by atoms with Crippen molar-refractivity contribution in [3.8, 4) is 6.07 Å². The first-order valence-corrected chi connectivity index (χ1v) is 12.9. The lowest BCUT2D eigenvalue weighted by Crippen LogP contribution is -2.50. The van der Waals surface area contributed by atoms with Crippen LogP contribution in [0.5, 0.6) is 0 Å². The minimum Gasteiger partial charge on any atom is -0.447 e. The molecule has 2 aliphatic rings. The molecule has 0 unspecified atom stereocenters. The summed E-state index contributed by atoms with van der Waals surface area (Å²) in [5.41, 5.74) is -0.550. The fourth-order valence-corrected chi connectivity index (χ4v) is 4.85. The standard InChI is InChI=1S/C26H34BF3N4O5/c1-26(2,33-14-21(29)22(30)15-33)12-18(13-31)24(35)34-10-4-3-5-20(34)16-39-25(36)32-23(27(37)38)11-17-6-8-19(28)9-7-17/h6-9,12,20-23,37-38H,3-5,10-11,14-16H2,1-2H3,(H,32,36)/b18-12+/t20-,21-,22+,23+/m1/s1. The molecular formula is C26H34BF3N4O5. The van der Waals surface area contributed by atoms with Crippen molar-refractivity contribution >= 4 is 19.1 Å². The first-order valence-electron chi connectivity index (χ1n) is 12.9. The molecule has 9 nitrogen and oxygen atoms in total. The van der Waals surface area contributed by atoms with Gasteiger partial charge in [0.2, 0.25) is 0 Å². The molecule has 2 fully saturated rings. The molecule has 0 aliphatic carbocycles. The molecule has 0 aromatic heterocycles. The maximum atomic E-state index is 13.7. The summed E-state index contributed by atoms with van der Waals surface area (Å²) in [4.78, 5) is 28.8.